The van der Waals surface area contributed by atoms with Crippen molar-refractivity contribution in [1.82, 2.24) is 10.3 Å². The maximum absolute atomic E-state index is 11.9. The van der Waals surface area contributed by atoms with Crippen molar-refractivity contribution in [2.45, 2.75) is 18.8 Å². The third-order valence-corrected chi connectivity index (χ3v) is 4.23. The van der Waals surface area contributed by atoms with Gasteiger partial charge >= 0.3 is 0 Å². The Bertz CT molecular complexity index is 541. The van der Waals surface area contributed by atoms with E-state index in [1.165, 1.54) is 16.9 Å². The predicted molar refractivity (Wildman–Crippen MR) is 77.9 cm³/mol. The van der Waals surface area contributed by atoms with Crippen LogP contribution < -0.4 is 10.6 Å². The van der Waals surface area contributed by atoms with Crippen molar-refractivity contribution in [3.05, 3.63) is 40.2 Å². The number of amides is 1. The number of rotatable bonds is 3. The number of H-pyrrole nitrogens is 1. The second-order valence-corrected chi connectivity index (χ2v) is 5.62. The Hall–Kier alpha value is -1.59. The Balaban J connectivity index is 1.66. The minimum absolute atomic E-state index is 0.0556. The number of thiophene rings is 1. The molecule has 1 fully saturated rings. The fourth-order valence-electron chi connectivity index (χ4n) is 2.46. The van der Waals surface area contributed by atoms with E-state index in [9.17, 15) is 4.79 Å². The Morgan fingerprint density at radius 2 is 2.21 bits per heavy atom. The van der Waals surface area contributed by atoms with Gasteiger partial charge in [0.25, 0.3) is 5.91 Å². The number of anilines is 1. The summed E-state index contributed by atoms with van der Waals surface area (Å²) in [5.74, 6) is 1.33. The summed E-state index contributed by atoms with van der Waals surface area (Å²) in [5.41, 5.74) is 2.00. The van der Waals surface area contributed by atoms with E-state index in [0.29, 0.717) is 11.5 Å². The van der Waals surface area contributed by atoms with E-state index < -0.39 is 0 Å². The van der Waals surface area contributed by atoms with Crippen LogP contribution in [0, 0.1) is 0 Å². The number of piperidine rings is 1. The topological polar surface area (TPSA) is 56.9 Å². The zero-order chi connectivity index (χ0) is 13.1. The van der Waals surface area contributed by atoms with Crippen LogP contribution in [0.3, 0.4) is 0 Å². The molecule has 0 spiro atoms. The number of hydrogen-bond donors (Lipinski definition) is 3. The van der Waals surface area contributed by atoms with E-state index in [1.807, 2.05) is 23.0 Å². The molecule has 1 aliphatic heterocycles. The van der Waals surface area contributed by atoms with Crippen LogP contribution in [-0.2, 0) is 0 Å². The van der Waals surface area contributed by atoms with E-state index in [2.05, 4.69) is 21.7 Å². The molecule has 1 saturated heterocycles. The molecule has 0 bridgehead atoms. The van der Waals surface area contributed by atoms with Crippen molar-refractivity contribution in [1.29, 1.82) is 0 Å². The molecule has 1 aliphatic rings. The van der Waals surface area contributed by atoms with E-state index in [-0.39, 0.29) is 5.91 Å². The van der Waals surface area contributed by atoms with Gasteiger partial charge in [0.15, 0.2) is 0 Å². The predicted octanol–water partition coefficient (Wildman–Crippen LogP) is 2.80. The molecule has 100 valence electrons. The maximum atomic E-state index is 11.9. The standard InChI is InChI=1S/C14H17N3OS/c18-14(11-3-6-19-9-11)17-13-7-12(8-16-13)10-1-4-15-5-2-10/h3,6-10,15-16H,1-2,4-5H2,(H,17,18). The van der Waals surface area contributed by atoms with Gasteiger partial charge in [-0.25, -0.2) is 0 Å². The first-order valence-corrected chi connectivity index (χ1v) is 7.50. The highest BCUT2D eigenvalue weighted by atomic mass is 32.1. The third kappa shape index (κ3) is 2.88. The number of aromatic nitrogens is 1. The van der Waals surface area contributed by atoms with Crippen molar-refractivity contribution in [2.75, 3.05) is 18.4 Å². The van der Waals surface area contributed by atoms with Gasteiger partial charge in [-0.3, -0.25) is 4.79 Å². The first-order chi connectivity index (χ1) is 9.33. The van der Waals surface area contributed by atoms with Gasteiger partial charge in [0.05, 0.1) is 5.56 Å². The lowest BCUT2D eigenvalue weighted by atomic mass is 9.92. The smallest absolute Gasteiger partial charge is 0.257 e. The number of aromatic amines is 1. The Morgan fingerprint density at radius 1 is 1.37 bits per heavy atom. The lowest BCUT2D eigenvalue weighted by molar-refractivity contribution is 0.102. The molecular weight excluding hydrogens is 258 g/mol. The van der Waals surface area contributed by atoms with Crippen LogP contribution in [0.15, 0.2) is 29.1 Å². The van der Waals surface area contributed by atoms with Gasteiger partial charge in [-0.05, 0) is 54.9 Å². The average molecular weight is 275 g/mol. The summed E-state index contributed by atoms with van der Waals surface area (Å²) >= 11 is 1.53. The summed E-state index contributed by atoms with van der Waals surface area (Å²) < 4.78 is 0. The highest BCUT2D eigenvalue weighted by molar-refractivity contribution is 7.08. The molecule has 3 N–H and O–H groups in total. The fraction of sp³-hybridized carbons (Fsp3) is 0.357. The number of carbonyl (C=O) groups is 1. The Labute approximate surface area is 116 Å². The van der Waals surface area contributed by atoms with Crippen LogP contribution in [0.5, 0.6) is 0 Å². The summed E-state index contributed by atoms with van der Waals surface area (Å²) in [6, 6.07) is 3.89. The van der Waals surface area contributed by atoms with Crippen LogP contribution in [0.2, 0.25) is 0 Å². The molecule has 0 radical (unpaired) electrons. The minimum Gasteiger partial charge on any atom is -0.348 e. The summed E-state index contributed by atoms with van der Waals surface area (Å²) in [6.07, 6.45) is 4.34. The first kappa shape index (κ1) is 12.4. The summed E-state index contributed by atoms with van der Waals surface area (Å²) in [7, 11) is 0. The zero-order valence-corrected chi connectivity index (χ0v) is 11.4. The zero-order valence-electron chi connectivity index (χ0n) is 10.6. The Morgan fingerprint density at radius 3 is 2.95 bits per heavy atom. The molecule has 0 saturated carbocycles. The second-order valence-electron chi connectivity index (χ2n) is 4.84. The van der Waals surface area contributed by atoms with E-state index in [1.54, 1.807) is 0 Å². The van der Waals surface area contributed by atoms with Crippen LogP contribution in [0.1, 0.15) is 34.7 Å². The number of carbonyl (C=O) groups excluding carboxylic acids is 1. The van der Waals surface area contributed by atoms with Crippen molar-refractivity contribution < 1.29 is 4.79 Å². The lowest BCUT2D eigenvalue weighted by Crippen LogP contribution is -2.26. The molecule has 3 heterocycles. The molecule has 2 aromatic heterocycles. The number of hydrogen-bond acceptors (Lipinski definition) is 3. The van der Waals surface area contributed by atoms with E-state index >= 15 is 0 Å². The summed E-state index contributed by atoms with van der Waals surface area (Å²) in [4.78, 5) is 15.1. The van der Waals surface area contributed by atoms with Crippen molar-refractivity contribution >= 4 is 23.1 Å². The average Bonchev–Trinajstić information content (AvgIpc) is 3.11. The molecule has 0 atom stereocenters. The minimum atomic E-state index is -0.0556. The second kappa shape index (κ2) is 5.59. The van der Waals surface area contributed by atoms with Gasteiger partial charge in [0.2, 0.25) is 0 Å². The van der Waals surface area contributed by atoms with E-state index in [4.69, 9.17) is 0 Å². The first-order valence-electron chi connectivity index (χ1n) is 6.55. The molecule has 0 unspecified atom stereocenters. The third-order valence-electron chi connectivity index (χ3n) is 3.55. The molecule has 4 nitrogen and oxygen atoms in total. The van der Waals surface area contributed by atoms with Gasteiger partial charge in [0.1, 0.15) is 5.82 Å². The molecule has 0 aromatic carbocycles. The lowest BCUT2D eigenvalue weighted by Gasteiger charge is -2.21. The summed E-state index contributed by atoms with van der Waals surface area (Å²) in [6.45, 7) is 2.15. The molecular formula is C14H17N3OS. The van der Waals surface area contributed by atoms with Crippen LogP contribution in [0.4, 0.5) is 5.82 Å². The SMILES string of the molecule is O=C(Nc1cc(C2CCNCC2)c[nH]1)c1ccsc1. The molecule has 5 heteroatoms. The quantitative estimate of drug-likeness (QED) is 0.806. The highest BCUT2D eigenvalue weighted by Crippen LogP contribution is 2.27. The van der Waals surface area contributed by atoms with Gasteiger partial charge in [-0.1, -0.05) is 0 Å². The molecule has 0 aliphatic carbocycles. The van der Waals surface area contributed by atoms with Crippen LogP contribution in [0.25, 0.3) is 0 Å². The molecule has 1 amide bonds. The largest absolute Gasteiger partial charge is 0.348 e. The molecule has 3 rings (SSSR count). The fourth-order valence-corrected chi connectivity index (χ4v) is 3.10. The Kier molecular flexibility index (Phi) is 3.66. The van der Waals surface area contributed by atoms with Gasteiger partial charge in [0, 0.05) is 11.6 Å². The van der Waals surface area contributed by atoms with Gasteiger partial charge < -0.3 is 15.6 Å². The van der Waals surface area contributed by atoms with E-state index in [0.717, 1.165) is 31.7 Å². The van der Waals surface area contributed by atoms with Crippen molar-refractivity contribution in [2.24, 2.45) is 0 Å². The maximum Gasteiger partial charge on any atom is 0.257 e. The van der Waals surface area contributed by atoms with Gasteiger partial charge in [-0.2, -0.15) is 11.3 Å². The van der Waals surface area contributed by atoms with Gasteiger partial charge in [-0.15, -0.1) is 0 Å². The van der Waals surface area contributed by atoms with Crippen molar-refractivity contribution in [3.63, 3.8) is 0 Å². The summed E-state index contributed by atoms with van der Waals surface area (Å²) in [5, 5.41) is 10.0. The molecule has 2 aromatic rings. The molecule has 19 heavy (non-hydrogen) atoms. The highest BCUT2D eigenvalue weighted by Gasteiger charge is 2.17. The van der Waals surface area contributed by atoms with Crippen molar-refractivity contribution in [3.8, 4) is 0 Å². The van der Waals surface area contributed by atoms with Crippen LogP contribution >= 0.6 is 11.3 Å². The van der Waals surface area contributed by atoms with Crippen LogP contribution in [-0.4, -0.2) is 24.0 Å². The normalized spacial score (nSPS) is 16.4. The number of nitrogens with one attached hydrogen (secondary N) is 3. The monoisotopic (exact) mass is 275 g/mol.